The summed E-state index contributed by atoms with van der Waals surface area (Å²) < 4.78 is 26.4. The van der Waals surface area contributed by atoms with E-state index in [1.807, 2.05) is 0 Å². The minimum absolute atomic E-state index is 0.124. The maximum Gasteiger partial charge on any atom is 0.127 e. The Labute approximate surface area is 116 Å². The molecular formula is C13H11BrFNOS. The van der Waals surface area contributed by atoms with E-state index in [9.17, 15) is 8.60 Å². The minimum Gasteiger partial charge on any atom is -0.398 e. The summed E-state index contributed by atoms with van der Waals surface area (Å²) in [5, 5.41) is 0. The molecule has 18 heavy (non-hydrogen) atoms. The highest BCUT2D eigenvalue weighted by molar-refractivity contribution is 9.10. The molecule has 0 spiro atoms. The van der Waals surface area contributed by atoms with E-state index in [2.05, 4.69) is 15.9 Å². The highest BCUT2D eigenvalue weighted by Gasteiger charge is 2.11. The van der Waals surface area contributed by atoms with Gasteiger partial charge < -0.3 is 5.73 Å². The van der Waals surface area contributed by atoms with Crippen LogP contribution in [0.1, 0.15) is 5.56 Å². The summed E-state index contributed by atoms with van der Waals surface area (Å²) >= 11 is 3.28. The van der Waals surface area contributed by atoms with Crippen molar-refractivity contribution in [2.75, 3.05) is 5.73 Å². The van der Waals surface area contributed by atoms with Crippen LogP contribution >= 0.6 is 15.9 Å². The molecule has 94 valence electrons. The molecule has 0 amide bonds. The van der Waals surface area contributed by atoms with Crippen molar-refractivity contribution in [3.05, 3.63) is 58.3 Å². The Bertz CT molecular complexity index is 603. The second-order valence-electron chi connectivity index (χ2n) is 3.76. The van der Waals surface area contributed by atoms with E-state index in [0.29, 0.717) is 16.1 Å². The molecule has 2 aromatic rings. The van der Waals surface area contributed by atoms with Gasteiger partial charge >= 0.3 is 0 Å². The quantitative estimate of drug-likeness (QED) is 0.877. The molecule has 1 unspecified atom stereocenters. The van der Waals surface area contributed by atoms with Gasteiger partial charge in [-0.2, -0.15) is 0 Å². The third-order valence-corrected chi connectivity index (χ3v) is 4.39. The van der Waals surface area contributed by atoms with Crippen molar-refractivity contribution in [2.24, 2.45) is 0 Å². The monoisotopic (exact) mass is 327 g/mol. The standard InChI is InChI=1S/C13H11BrFNOS/c14-10-5-6-13(12(16)7-10)18(17)8-9-3-1-2-4-11(9)15/h1-7H,8,16H2. The first-order chi connectivity index (χ1) is 8.58. The summed E-state index contributed by atoms with van der Waals surface area (Å²) in [6.45, 7) is 0. The Morgan fingerprint density at radius 2 is 1.94 bits per heavy atom. The first-order valence-electron chi connectivity index (χ1n) is 5.25. The van der Waals surface area contributed by atoms with Crippen molar-refractivity contribution in [1.82, 2.24) is 0 Å². The van der Waals surface area contributed by atoms with Crippen LogP contribution in [-0.4, -0.2) is 4.21 Å². The van der Waals surface area contributed by atoms with Crippen LogP contribution in [0.15, 0.2) is 51.8 Å². The summed E-state index contributed by atoms with van der Waals surface area (Å²) in [5.41, 5.74) is 6.67. The fourth-order valence-corrected chi connectivity index (χ4v) is 3.15. The van der Waals surface area contributed by atoms with Gasteiger partial charge in [-0.05, 0) is 24.3 Å². The molecule has 0 aromatic heterocycles. The molecule has 2 aromatic carbocycles. The number of hydrogen-bond donors (Lipinski definition) is 1. The summed E-state index contributed by atoms with van der Waals surface area (Å²) in [6, 6.07) is 11.5. The fraction of sp³-hybridized carbons (Fsp3) is 0.0769. The van der Waals surface area contributed by atoms with Gasteiger partial charge in [0.1, 0.15) is 5.82 Å². The number of rotatable bonds is 3. The molecule has 0 aliphatic carbocycles. The lowest BCUT2D eigenvalue weighted by atomic mass is 10.2. The van der Waals surface area contributed by atoms with Gasteiger partial charge in [-0.1, -0.05) is 34.1 Å². The molecule has 0 radical (unpaired) electrons. The molecule has 0 heterocycles. The first-order valence-corrected chi connectivity index (χ1v) is 7.36. The lowest BCUT2D eigenvalue weighted by molar-refractivity contribution is 0.615. The van der Waals surface area contributed by atoms with Gasteiger partial charge in [0.05, 0.1) is 21.4 Å². The molecular weight excluding hydrogens is 317 g/mol. The van der Waals surface area contributed by atoms with Crippen molar-refractivity contribution < 1.29 is 8.60 Å². The predicted molar refractivity (Wildman–Crippen MR) is 75.1 cm³/mol. The van der Waals surface area contributed by atoms with Gasteiger partial charge in [-0.15, -0.1) is 0 Å². The molecule has 0 fully saturated rings. The minimum atomic E-state index is -1.35. The maximum atomic E-state index is 13.5. The van der Waals surface area contributed by atoms with E-state index in [4.69, 9.17) is 5.73 Å². The zero-order valence-electron chi connectivity index (χ0n) is 9.40. The maximum absolute atomic E-state index is 13.5. The third-order valence-electron chi connectivity index (χ3n) is 2.46. The van der Waals surface area contributed by atoms with Crippen LogP contribution in [0.2, 0.25) is 0 Å². The smallest absolute Gasteiger partial charge is 0.127 e. The van der Waals surface area contributed by atoms with Crippen LogP contribution in [0.25, 0.3) is 0 Å². The molecule has 0 aliphatic heterocycles. The van der Waals surface area contributed by atoms with Gasteiger partial charge in [0.15, 0.2) is 0 Å². The second-order valence-corrected chi connectivity index (χ2v) is 6.10. The average molecular weight is 328 g/mol. The Kier molecular flexibility index (Phi) is 4.14. The first kappa shape index (κ1) is 13.2. The Hall–Kier alpha value is -1.20. The van der Waals surface area contributed by atoms with Gasteiger partial charge in [-0.25, -0.2) is 4.39 Å². The van der Waals surface area contributed by atoms with Crippen LogP contribution in [-0.2, 0) is 16.6 Å². The van der Waals surface area contributed by atoms with E-state index in [1.54, 1.807) is 36.4 Å². The lowest BCUT2D eigenvalue weighted by Crippen LogP contribution is -2.02. The third kappa shape index (κ3) is 2.97. The number of nitrogen functional groups attached to an aromatic ring is 1. The number of halogens is 2. The number of nitrogens with two attached hydrogens (primary N) is 1. The molecule has 2 N–H and O–H groups in total. The van der Waals surface area contributed by atoms with E-state index >= 15 is 0 Å². The average Bonchev–Trinajstić information content (AvgIpc) is 2.32. The Morgan fingerprint density at radius 3 is 2.61 bits per heavy atom. The molecule has 1 atom stereocenters. The topological polar surface area (TPSA) is 43.1 Å². The number of anilines is 1. The largest absolute Gasteiger partial charge is 0.398 e. The molecule has 5 heteroatoms. The van der Waals surface area contributed by atoms with Gasteiger partial charge in [0, 0.05) is 15.7 Å². The van der Waals surface area contributed by atoms with Gasteiger partial charge in [-0.3, -0.25) is 4.21 Å². The van der Waals surface area contributed by atoms with Crippen LogP contribution in [0.5, 0.6) is 0 Å². The number of hydrogen-bond acceptors (Lipinski definition) is 2. The number of benzene rings is 2. The highest BCUT2D eigenvalue weighted by atomic mass is 79.9. The van der Waals surface area contributed by atoms with Gasteiger partial charge in [0.25, 0.3) is 0 Å². The van der Waals surface area contributed by atoms with Crippen molar-refractivity contribution in [2.45, 2.75) is 10.6 Å². The SMILES string of the molecule is Nc1cc(Br)ccc1S(=O)Cc1ccccc1F. The molecule has 0 saturated carbocycles. The zero-order chi connectivity index (χ0) is 13.1. The highest BCUT2D eigenvalue weighted by Crippen LogP contribution is 2.23. The second kappa shape index (κ2) is 5.63. The zero-order valence-corrected chi connectivity index (χ0v) is 11.8. The van der Waals surface area contributed by atoms with Crippen LogP contribution in [0, 0.1) is 5.82 Å². The van der Waals surface area contributed by atoms with E-state index in [-0.39, 0.29) is 11.6 Å². The predicted octanol–water partition coefficient (Wildman–Crippen LogP) is 3.48. The summed E-state index contributed by atoms with van der Waals surface area (Å²) in [6.07, 6.45) is 0. The summed E-state index contributed by atoms with van der Waals surface area (Å²) in [5.74, 6) is -0.222. The Morgan fingerprint density at radius 1 is 1.22 bits per heavy atom. The van der Waals surface area contributed by atoms with Gasteiger partial charge in [0.2, 0.25) is 0 Å². The molecule has 0 bridgehead atoms. The van der Waals surface area contributed by atoms with E-state index < -0.39 is 10.8 Å². The molecule has 2 rings (SSSR count). The Balaban J connectivity index is 2.25. The fourth-order valence-electron chi connectivity index (χ4n) is 1.56. The summed E-state index contributed by atoms with van der Waals surface area (Å²) in [4.78, 5) is 0.529. The molecule has 0 aliphatic rings. The van der Waals surface area contributed by atoms with Crippen molar-refractivity contribution >= 4 is 32.4 Å². The lowest BCUT2D eigenvalue weighted by Gasteiger charge is -2.07. The normalized spacial score (nSPS) is 12.3. The molecule has 2 nitrogen and oxygen atoms in total. The molecule has 0 saturated heterocycles. The van der Waals surface area contributed by atoms with Crippen LogP contribution < -0.4 is 5.73 Å². The van der Waals surface area contributed by atoms with Crippen LogP contribution in [0.3, 0.4) is 0 Å². The van der Waals surface area contributed by atoms with Crippen LogP contribution in [0.4, 0.5) is 10.1 Å². The van der Waals surface area contributed by atoms with Crippen molar-refractivity contribution in [3.8, 4) is 0 Å². The summed E-state index contributed by atoms with van der Waals surface area (Å²) in [7, 11) is -1.35. The van der Waals surface area contributed by atoms with E-state index in [1.165, 1.54) is 6.07 Å². The van der Waals surface area contributed by atoms with Crippen molar-refractivity contribution in [3.63, 3.8) is 0 Å². The van der Waals surface area contributed by atoms with E-state index in [0.717, 1.165) is 4.47 Å². The van der Waals surface area contributed by atoms with Crippen molar-refractivity contribution in [1.29, 1.82) is 0 Å².